The number of nitrogens with one attached hydrogen (secondary N) is 1. The molecule has 3 aromatic rings. The first-order valence-corrected chi connectivity index (χ1v) is 9.30. The van der Waals surface area contributed by atoms with Gasteiger partial charge in [0.15, 0.2) is 11.5 Å². The minimum atomic E-state index is -0.257. The number of hydrogen-bond donors (Lipinski definition) is 1. The van der Waals surface area contributed by atoms with Crippen molar-refractivity contribution >= 4 is 17.5 Å². The van der Waals surface area contributed by atoms with Crippen LogP contribution in [0.1, 0.15) is 21.5 Å². The lowest BCUT2D eigenvalue weighted by atomic mass is 10.2. The Morgan fingerprint density at radius 3 is 2.14 bits per heavy atom. The molecule has 4 rings (SSSR count). The normalized spacial score (nSPS) is 12.2. The Kier molecular flexibility index (Phi) is 5.46. The highest BCUT2D eigenvalue weighted by atomic mass is 35.5. The molecule has 0 fully saturated rings. The Morgan fingerprint density at radius 1 is 0.929 bits per heavy atom. The summed E-state index contributed by atoms with van der Waals surface area (Å²) in [7, 11) is 0. The van der Waals surface area contributed by atoms with E-state index in [1.807, 2.05) is 65.7 Å². The number of carbonyl (C=O) groups excluding carboxylic acids is 1. The van der Waals surface area contributed by atoms with Crippen LogP contribution in [0.25, 0.3) is 0 Å². The van der Waals surface area contributed by atoms with Crippen molar-refractivity contribution in [3.05, 3.63) is 94.5 Å². The van der Waals surface area contributed by atoms with Gasteiger partial charge in [0.05, 0.1) is 5.02 Å². The second-order valence-corrected chi connectivity index (χ2v) is 6.87. The summed E-state index contributed by atoms with van der Waals surface area (Å²) < 4.78 is 10.7. The van der Waals surface area contributed by atoms with Crippen LogP contribution in [0, 0.1) is 0 Å². The van der Waals surface area contributed by atoms with Crippen LogP contribution in [-0.4, -0.2) is 17.7 Å². The van der Waals surface area contributed by atoms with Gasteiger partial charge in [0.2, 0.25) is 6.79 Å². The van der Waals surface area contributed by atoms with Crippen molar-refractivity contribution in [2.75, 3.05) is 6.79 Å². The summed E-state index contributed by atoms with van der Waals surface area (Å²) in [5.74, 6) is 0.700. The number of ether oxygens (including phenoxy) is 2. The Hall–Kier alpha value is -3.02. The van der Waals surface area contributed by atoms with E-state index in [1.165, 1.54) is 0 Å². The van der Waals surface area contributed by atoms with Gasteiger partial charge in [0.25, 0.3) is 5.91 Å². The molecule has 0 spiro atoms. The molecule has 0 unspecified atom stereocenters. The number of rotatable bonds is 6. The molecule has 3 aromatic carbocycles. The second-order valence-electron chi connectivity index (χ2n) is 6.46. The third kappa shape index (κ3) is 4.27. The van der Waals surface area contributed by atoms with E-state index in [-0.39, 0.29) is 12.7 Å². The lowest BCUT2D eigenvalue weighted by molar-refractivity contribution is 0.0759. The van der Waals surface area contributed by atoms with E-state index in [4.69, 9.17) is 21.1 Å². The number of nitrogens with zero attached hydrogens (tertiary/aromatic N) is 1. The molecule has 1 aliphatic rings. The molecule has 0 aliphatic carbocycles. The Bertz CT molecular complexity index is 923. The van der Waals surface area contributed by atoms with Gasteiger partial charge in [-0.25, -0.2) is 5.01 Å². The van der Waals surface area contributed by atoms with Crippen LogP contribution in [0.4, 0.5) is 0 Å². The molecule has 6 heteroatoms. The first-order valence-electron chi connectivity index (χ1n) is 8.92. The topological polar surface area (TPSA) is 50.8 Å². The van der Waals surface area contributed by atoms with Crippen molar-refractivity contribution in [1.29, 1.82) is 0 Å². The molecule has 0 atom stereocenters. The van der Waals surface area contributed by atoms with Gasteiger partial charge in [-0.3, -0.25) is 10.2 Å². The molecule has 0 bridgehead atoms. The molecular weight excluding hydrogens is 376 g/mol. The summed E-state index contributed by atoms with van der Waals surface area (Å²) in [5.41, 5.74) is 5.60. The van der Waals surface area contributed by atoms with Crippen LogP contribution >= 0.6 is 11.6 Å². The van der Waals surface area contributed by atoms with Gasteiger partial charge in [-0.05, 0) is 23.3 Å². The van der Waals surface area contributed by atoms with E-state index in [0.29, 0.717) is 35.2 Å². The third-order valence-electron chi connectivity index (χ3n) is 4.38. The smallest absolute Gasteiger partial charge is 0.265 e. The Balaban J connectivity index is 1.54. The maximum absolute atomic E-state index is 12.9. The summed E-state index contributed by atoms with van der Waals surface area (Å²) in [4.78, 5) is 12.9. The lowest BCUT2D eigenvalue weighted by Crippen LogP contribution is -2.41. The number of hydrazine groups is 1. The Labute approximate surface area is 168 Å². The fourth-order valence-electron chi connectivity index (χ4n) is 3.05. The summed E-state index contributed by atoms with van der Waals surface area (Å²) in [5, 5.41) is 2.24. The highest BCUT2D eigenvalue weighted by Gasteiger charge is 2.21. The van der Waals surface area contributed by atoms with Gasteiger partial charge in [-0.15, -0.1) is 0 Å². The quantitative estimate of drug-likeness (QED) is 0.629. The van der Waals surface area contributed by atoms with E-state index in [9.17, 15) is 4.79 Å². The lowest BCUT2D eigenvalue weighted by Gasteiger charge is -2.23. The Morgan fingerprint density at radius 2 is 1.54 bits per heavy atom. The molecule has 1 aliphatic heterocycles. The molecule has 1 N–H and O–H groups in total. The number of amides is 1. The van der Waals surface area contributed by atoms with Gasteiger partial charge in [-0.2, -0.15) is 0 Å². The molecule has 5 nitrogen and oxygen atoms in total. The molecule has 1 heterocycles. The van der Waals surface area contributed by atoms with E-state index < -0.39 is 0 Å². The number of halogens is 1. The predicted molar refractivity (Wildman–Crippen MR) is 107 cm³/mol. The molecule has 142 valence electrons. The maximum atomic E-state index is 12.9. The summed E-state index contributed by atoms with van der Waals surface area (Å²) >= 11 is 6.22. The number of benzene rings is 3. The second kappa shape index (κ2) is 8.33. The fraction of sp³-hybridized carbons (Fsp3) is 0.136. The van der Waals surface area contributed by atoms with Crippen LogP contribution in [0.2, 0.25) is 5.02 Å². The number of carbonyl (C=O) groups is 1. The number of fused-ring (bicyclic) bond motifs is 1. The van der Waals surface area contributed by atoms with E-state index >= 15 is 0 Å². The van der Waals surface area contributed by atoms with Gasteiger partial charge in [-0.1, -0.05) is 72.3 Å². The van der Waals surface area contributed by atoms with Crippen molar-refractivity contribution in [3.8, 4) is 11.5 Å². The average Bonchev–Trinajstić information content (AvgIpc) is 3.19. The van der Waals surface area contributed by atoms with Crippen molar-refractivity contribution in [2.45, 2.75) is 13.1 Å². The van der Waals surface area contributed by atoms with Crippen molar-refractivity contribution < 1.29 is 14.3 Å². The molecule has 0 saturated heterocycles. The standard InChI is InChI=1S/C22H19ClN2O3/c23-19-11-18(12-20-21(19)28-15-27-20)22(26)24-25(13-16-7-3-1-4-8-16)14-17-9-5-2-6-10-17/h1-12H,13-15H2,(H,24,26). The number of hydrogen-bond acceptors (Lipinski definition) is 4. The highest BCUT2D eigenvalue weighted by molar-refractivity contribution is 6.32. The summed E-state index contributed by atoms with van der Waals surface area (Å²) in [6.07, 6.45) is 0. The minimum Gasteiger partial charge on any atom is -0.454 e. The van der Waals surface area contributed by atoms with Crippen molar-refractivity contribution in [3.63, 3.8) is 0 Å². The monoisotopic (exact) mass is 394 g/mol. The SMILES string of the molecule is O=C(NN(Cc1ccccc1)Cc1ccccc1)c1cc(Cl)c2c(c1)OCO2. The van der Waals surface area contributed by atoms with E-state index in [1.54, 1.807) is 12.1 Å². The van der Waals surface area contributed by atoms with Crippen LogP contribution in [-0.2, 0) is 13.1 Å². The highest BCUT2D eigenvalue weighted by Crippen LogP contribution is 2.39. The largest absolute Gasteiger partial charge is 0.454 e. The van der Waals surface area contributed by atoms with Gasteiger partial charge in [0, 0.05) is 18.7 Å². The average molecular weight is 395 g/mol. The van der Waals surface area contributed by atoms with Crippen LogP contribution in [0.3, 0.4) is 0 Å². The van der Waals surface area contributed by atoms with Gasteiger partial charge < -0.3 is 9.47 Å². The molecule has 0 saturated carbocycles. The van der Waals surface area contributed by atoms with Crippen LogP contribution in [0.5, 0.6) is 11.5 Å². The first kappa shape index (κ1) is 18.3. The summed E-state index contributed by atoms with van der Waals surface area (Å²) in [6.45, 7) is 1.24. The fourth-order valence-corrected chi connectivity index (χ4v) is 3.31. The minimum absolute atomic E-state index is 0.105. The first-order chi connectivity index (χ1) is 13.7. The summed E-state index contributed by atoms with van der Waals surface area (Å²) in [6, 6.07) is 23.2. The van der Waals surface area contributed by atoms with Crippen molar-refractivity contribution in [2.24, 2.45) is 0 Å². The van der Waals surface area contributed by atoms with Gasteiger partial charge >= 0.3 is 0 Å². The zero-order valence-corrected chi connectivity index (χ0v) is 15.9. The molecular formula is C22H19ClN2O3. The zero-order valence-electron chi connectivity index (χ0n) is 15.1. The third-order valence-corrected chi connectivity index (χ3v) is 4.66. The van der Waals surface area contributed by atoms with Crippen LogP contribution < -0.4 is 14.9 Å². The molecule has 1 amide bonds. The predicted octanol–water partition coefficient (Wildman–Crippen LogP) is 4.42. The molecule has 0 aromatic heterocycles. The van der Waals surface area contributed by atoms with Crippen molar-refractivity contribution in [1.82, 2.24) is 10.4 Å². The maximum Gasteiger partial charge on any atom is 0.265 e. The van der Waals surface area contributed by atoms with E-state index in [2.05, 4.69) is 5.43 Å². The zero-order chi connectivity index (χ0) is 19.3. The van der Waals surface area contributed by atoms with Gasteiger partial charge in [0.1, 0.15) is 0 Å². The van der Waals surface area contributed by atoms with E-state index in [0.717, 1.165) is 11.1 Å². The molecule has 28 heavy (non-hydrogen) atoms. The molecule has 0 radical (unpaired) electrons. The van der Waals surface area contributed by atoms with Crippen LogP contribution in [0.15, 0.2) is 72.8 Å².